The molecule has 19 heavy (non-hydrogen) atoms. The molecular weight excluding hydrogens is 244 g/mol. The van der Waals surface area contributed by atoms with Crippen LogP contribution in [-0.2, 0) is 9.59 Å². The van der Waals surface area contributed by atoms with E-state index in [1.54, 1.807) is 24.4 Å². The van der Waals surface area contributed by atoms with Crippen molar-refractivity contribution in [3.8, 4) is 0 Å². The summed E-state index contributed by atoms with van der Waals surface area (Å²) >= 11 is 0. The topological polar surface area (TPSA) is 70.5 Å². The molecule has 0 saturated heterocycles. The number of hydrogen-bond donors (Lipinski definition) is 1. The third kappa shape index (κ3) is 2.40. The zero-order chi connectivity index (χ0) is 14.0. The van der Waals surface area contributed by atoms with Gasteiger partial charge in [0.15, 0.2) is 6.04 Å². The van der Waals surface area contributed by atoms with E-state index in [0.29, 0.717) is 11.1 Å². The van der Waals surface area contributed by atoms with E-state index in [1.807, 2.05) is 12.1 Å². The van der Waals surface area contributed by atoms with Gasteiger partial charge in [0.1, 0.15) is 0 Å². The third-order valence-electron chi connectivity index (χ3n) is 3.08. The molecule has 5 heteroatoms. The van der Waals surface area contributed by atoms with Gasteiger partial charge in [-0.3, -0.25) is 9.78 Å². The van der Waals surface area contributed by atoms with Crippen molar-refractivity contribution in [2.45, 2.75) is 13.0 Å². The molecule has 0 aliphatic rings. The molecular formula is C14H14N2O3. The second-order valence-electron chi connectivity index (χ2n) is 4.29. The van der Waals surface area contributed by atoms with Gasteiger partial charge in [-0.1, -0.05) is 24.3 Å². The number of carboxylic acids is 1. The van der Waals surface area contributed by atoms with Crippen LogP contribution < -0.4 is 0 Å². The molecule has 5 nitrogen and oxygen atoms in total. The number of aliphatic carboxylic acids is 1. The Morgan fingerprint density at radius 2 is 1.95 bits per heavy atom. The highest BCUT2D eigenvalue weighted by Gasteiger charge is 2.28. The first-order valence-electron chi connectivity index (χ1n) is 5.82. The van der Waals surface area contributed by atoms with Crippen LogP contribution in [0.5, 0.6) is 0 Å². The summed E-state index contributed by atoms with van der Waals surface area (Å²) in [5, 5.41) is 10.2. The van der Waals surface area contributed by atoms with Crippen molar-refractivity contribution in [3.63, 3.8) is 0 Å². The van der Waals surface area contributed by atoms with E-state index in [2.05, 4.69) is 4.98 Å². The third-order valence-corrected chi connectivity index (χ3v) is 3.08. The van der Waals surface area contributed by atoms with Crippen molar-refractivity contribution in [3.05, 3.63) is 42.1 Å². The molecule has 1 heterocycles. The fourth-order valence-corrected chi connectivity index (χ4v) is 2.04. The fraction of sp³-hybridized carbons (Fsp3) is 0.214. The minimum absolute atomic E-state index is 0.305. The Hall–Kier alpha value is -2.43. The summed E-state index contributed by atoms with van der Waals surface area (Å²) in [6.07, 6.45) is 1.61. The van der Waals surface area contributed by atoms with Crippen molar-refractivity contribution in [1.29, 1.82) is 0 Å². The Morgan fingerprint density at radius 3 is 2.58 bits per heavy atom. The lowest BCUT2D eigenvalue weighted by atomic mass is 10.0. The summed E-state index contributed by atoms with van der Waals surface area (Å²) in [5.74, 6) is -1.38. The number of carbonyl (C=O) groups is 2. The van der Waals surface area contributed by atoms with Crippen molar-refractivity contribution in [2.24, 2.45) is 0 Å². The van der Waals surface area contributed by atoms with Crippen molar-refractivity contribution in [1.82, 2.24) is 9.88 Å². The van der Waals surface area contributed by atoms with Gasteiger partial charge in [-0.2, -0.15) is 0 Å². The lowest BCUT2D eigenvalue weighted by Crippen LogP contribution is -2.34. The van der Waals surface area contributed by atoms with Gasteiger partial charge < -0.3 is 10.0 Å². The molecule has 0 radical (unpaired) electrons. The summed E-state index contributed by atoms with van der Waals surface area (Å²) in [7, 11) is 1.48. The molecule has 0 saturated carbocycles. The van der Waals surface area contributed by atoms with Crippen LogP contribution in [0.2, 0.25) is 0 Å². The number of rotatable bonds is 3. The molecule has 0 fully saturated rings. The number of hydrogen-bond acceptors (Lipinski definition) is 3. The molecule has 1 unspecified atom stereocenters. The van der Waals surface area contributed by atoms with Gasteiger partial charge in [0, 0.05) is 31.1 Å². The highest BCUT2D eigenvalue weighted by Crippen LogP contribution is 2.26. The molecule has 2 rings (SSSR count). The Balaban J connectivity index is 2.63. The summed E-state index contributed by atoms with van der Waals surface area (Å²) in [6.45, 7) is 1.34. The number of carbonyl (C=O) groups excluding carboxylic acids is 1. The zero-order valence-electron chi connectivity index (χ0n) is 10.7. The largest absolute Gasteiger partial charge is 0.479 e. The summed E-state index contributed by atoms with van der Waals surface area (Å²) < 4.78 is 0. The number of benzene rings is 1. The summed E-state index contributed by atoms with van der Waals surface area (Å²) in [4.78, 5) is 28.3. The Bertz CT molecular complexity index is 634. The van der Waals surface area contributed by atoms with Crippen LogP contribution in [-0.4, -0.2) is 33.9 Å². The molecule has 1 N–H and O–H groups in total. The molecule has 1 amide bonds. The van der Waals surface area contributed by atoms with Crippen LogP contribution in [0.3, 0.4) is 0 Å². The predicted molar refractivity (Wildman–Crippen MR) is 70.6 cm³/mol. The number of para-hydroxylation sites is 1. The molecule has 1 aromatic carbocycles. The quantitative estimate of drug-likeness (QED) is 0.911. The smallest absolute Gasteiger partial charge is 0.331 e. The number of aromatic nitrogens is 1. The average molecular weight is 258 g/mol. The fourth-order valence-electron chi connectivity index (χ4n) is 2.04. The lowest BCUT2D eigenvalue weighted by Gasteiger charge is -2.24. The molecule has 0 spiro atoms. The van der Waals surface area contributed by atoms with E-state index in [9.17, 15) is 14.7 Å². The van der Waals surface area contributed by atoms with Gasteiger partial charge in [-0.15, -0.1) is 0 Å². The van der Waals surface area contributed by atoms with Crippen LogP contribution in [0.4, 0.5) is 0 Å². The van der Waals surface area contributed by atoms with Gasteiger partial charge in [0.05, 0.1) is 5.52 Å². The van der Waals surface area contributed by atoms with Crippen LogP contribution in [0.25, 0.3) is 10.9 Å². The van der Waals surface area contributed by atoms with Crippen molar-refractivity contribution < 1.29 is 14.7 Å². The van der Waals surface area contributed by atoms with Crippen LogP contribution >= 0.6 is 0 Å². The van der Waals surface area contributed by atoms with E-state index in [-0.39, 0.29) is 5.91 Å². The maximum absolute atomic E-state index is 11.5. The van der Waals surface area contributed by atoms with Gasteiger partial charge in [-0.25, -0.2) is 4.79 Å². The van der Waals surface area contributed by atoms with Crippen LogP contribution in [0.1, 0.15) is 18.5 Å². The first-order valence-corrected chi connectivity index (χ1v) is 5.82. The van der Waals surface area contributed by atoms with E-state index >= 15 is 0 Å². The Kier molecular flexibility index (Phi) is 3.46. The molecule has 98 valence electrons. The second-order valence-corrected chi connectivity index (χ2v) is 4.29. The standard InChI is InChI=1S/C14H14N2O3/c1-9(17)16(2)13(14(18)19)11-7-3-5-10-6-4-8-15-12(10)11/h3-8,13H,1-2H3,(H,18,19). The number of amides is 1. The van der Waals surface area contributed by atoms with Gasteiger partial charge in [0.25, 0.3) is 0 Å². The molecule has 1 atom stereocenters. The van der Waals surface area contributed by atoms with Crippen molar-refractivity contribution >= 4 is 22.8 Å². The highest BCUT2D eigenvalue weighted by atomic mass is 16.4. The Morgan fingerprint density at radius 1 is 1.26 bits per heavy atom. The van der Waals surface area contributed by atoms with Crippen LogP contribution in [0.15, 0.2) is 36.5 Å². The van der Waals surface area contributed by atoms with Crippen LogP contribution in [0, 0.1) is 0 Å². The number of carboxylic acid groups (broad SMARTS) is 1. The van der Waals surface area contributed by atoms with Gasteiger partial charge >= 0.3 is 5.97 Å². The number of pyridine rings is 1. The first-order chi connectivity index (χ1) is 9.02. The monoisotopic (exact) mass is 258 g/mol. The van der Waals surface area contributed by atoms with Crippen molar-refractivity contribution in [2.75, 3.05) is 7.05 Å². The summed E-state index contributed by atoms with van der Waals surface area (Å²) in [6, 6.07) is 7.93. The van der Waals surface area contributed by atoms with Gasteiger partial charge in [-0.05, 0) is 6.07 Å². The maximum Gasteiger partial charge on any atom is 0.331 e. The predicted octanol–water partition coefficient (Wildman–Crippen LogP) is 1.84. The van der Waals surface area contributed by atoms with Gasteiger partial charge in [0.2, 0.25) is 5.91 Å². The lowest BCUT2D eigenvalue weighted by molar-refractivity contribution is -0.148. The summed E-state index contributed by atoms with van der Waals surface area (Å²) in [5.41, 5.74) is 1.12. The molecule has 1 aromatic heterocycles. The average Bonchev–Trinajstić information content (AvgIpc) is 2.38. The maximum atomic E-state index is 11.5. The SMILES string of the molecule is CC(=O)N(C)C(C(=O)O)c1cccc2cccnc12. The van der Waals surface area contributed by atoms with E-state index in [0.717, 1.165) is 5.39 Å². The highest BCUT2D eigenvalue weighted by molar-refractivity contribution is 5.90. The number of nitrogens with zero attached hydrogens (tertiary/aromatic N) is 2. The molecule has 0 bridgehead atoms. The normalized spacial score (nSPS) is 12.1. The molecule has 0 aliphatic carbocycles. The van der Waals surface area contributed by atoms with E-state index in [1.165, 1.54) is 18.9 Å². The zero-order valence-corrected chi connectivity index (χ0v) is 10.7. The number of likely N-dealkylation sites (N-methyl/N-ethyl adjacent to an activating group) is 1. The van der Waals surface area contributed by atoms with E-state index in [4.69, 9.17) is 0 Å². The molecule has 0 aliphatic heterocycles. The minimum atomic E-state index is -1.07. The minimum Gasteiger partial charge on any atom is -0.479 e. The van der Waals surface area contributed by atoms with E-state index < -0.39 is 12.0 Å². The molecule has 2 aromatic rings. The number of fused-ring (bicyclic) bond motifs is 1. The Labute approximate surface area is 110 Å². The second kappa shape index (κ2) is 5.06. The first kappa shape index (κ1) is 13.0.